The molecule has 1 atom stereocenters. The average Bonchev–Trinajstić information content (AvgIpc) is 2.86. The molecule has 1 saturated heterocycles. The molecule has 0 aliphatic carbocycles. The number of benzene rings is 3. The van der Waals surface area contributed by atoms with E-state index in [1.165, 1.54) is 4.31 Å². The molecule has 1 heterocycles. The van der Waals surface area contributed by atoms with Crippen LogP contribution in [0.2, 0.25) is 0 Å². The van der Waals surface area contributed by atoms with E-state index in [1.807, 2.05) is 48.5 Å². The number of hydrogen-bond acceptors (Lipinski definition) is 4. The molecule has 1 amide bonds. The maximum atomic E-state index is 13.3. The molecule has 1 unspecified atom stereocenters. The average molecular weight is 573 g/mol. The Labute approximate surface area is 222 Å². The Bertz CT molecular complexity index is 1340. The van der Waals surface area contributed by atoms with Crippen LogP contribution in [0.5, 0.6) is 0 Å². The first-order chi connectivity index (χ1) is 17.0. The molecule has 36 heavy (non-hydrogen) atoms. The standard InChI is InChI=1S/C28H34BrN3O3S/c1-5-26(30-28(2,3)4)20-6-8-21(9-7-20)27(33)31-14-16-32(17-15-31)36(34,35)25-13-11-22-18-24(29)12-10-23(22)19-25/h6-13,18-19,26,30H,5,14-17H2,1-4H3. The van der Waals surface area contributed by atoms with Crippen molar-refractivity contribution in [3.63, 3.8) is 0 Å². The second kappa shape index (κ2) is 10.6. The molecular weight excluding hydrogens is 538 g/mol. The molecule has 1 aliphatic heterocycles. The molecule has 1 N–H and O–H groups in total. The van der Waals surface area contributed by atoms with Crippen LogP contribution in [0.1, 0.15) is 56.1 Å². The molecule has 1 fully saturated rings. The Morgan fingerprint density at radius 2 is 1.56 bits per heavy atom. The van der Waals surface area contributed by atoms with E-state index in [0.29, 0.717) is 18.7 Å². The molecule has 0 spiro atoms. The van der Waals surface area contributed by atoms with Crippen LogP contribution in [0.25, 0.3) is 10.8 Å². The number of carbonyl (C=O) groups excluding carboxylic acids is 1. The summed E-state index contributed by atoms with van der Waals surface area (Å²) in [7, 11) is -3.63. The summed E-state index contributed by atoms with van der Waals surface area (Å²) >= 11 is 3.45. The first-order valence-electron chi connectivity index (χ1n) is 12.3. The number of hydrogen-bond donors (Lipinski definition) is 1. The monoisotopic (exact) mass is 571 g/mol. The SMILES string of the molecule is CCC(NC(C)(C)C)c1ccc(C(=O)N2CCN(S(=O)(=O)c3ccc4cc(Br)ccc4c3)CC2)cc1. The Hall–Kier alpha value is -2.26. The molecular formula is C28H34BrN3O3S. The molecule has 3 aromatic rings. The van der Waals surface area contributed by atoms with E-state index in [4.69, 9.17) is 0 Å². The van der Waals surface area contributed by atoms with Crippen molar-refractivity contribution < 1.29 is 13.2 Å². The van der Waals surface area contributed by atoms with Gasteiger partial charge in [0.25, 0.3) is 5.91 Å². The lowest BCUT2D eigenvalue weighted by Gasteiger charge is -2.34. The molecule has 4 rings (SSSR count). The first kappa shape index (κ1) is 26.8. The van der Waals surface area contributed by atoms with Crippen LogP contribution in [-0.2, 0) is 10.0 Å². The van der Waals surface area contributed by atoms with Gasteiger partial charge in [-0.1, -0.05) is 47.1 Å². The highest BCUT2D eigenvalue weighted by Gasteiger charge is 2.30. The van der Waals surface area contributed by atoms with E-state index in [-0.39, 0.29) is 35.5 Å². The summed E-state index contributed by atoms with van der Waals surface area (Å²) in [5, 5.41) is 5.47. The fraction of sp³-hybridized carbons (Fsp3) is 0.393. The van der Waals surface area contributed by atoms with Gasteiger partial charge in [0.15, 0.2) is 0 Å². The van der Waals surface area contributed by atoms with Gasteiger partial charge in [0.05, 0.1) is 4.90 Å². The van der Waals surface area contributed by atoms with Gasteiger partial charge in [-0.3, -0.25) is 4.79 Å². The van der Waals surface area contributed by atoms with Crippen LogP contribution < -0.4 is 5.32 Å². The largest absolute Gasteiger partial charge is 0.336 e. The van der Waals surface area contributed by atoms with Crippen molar-refractivity contribution in [3.05, 3.63) is 76.3 Å². The summed E-state index contributed by atoms with van der Waals surface area (Å²) < 4.78 is 29.0. The summed E-state index contributed by atoms with van der Waals surface area (Å²) in [4.78, 5) is 15.1. The van der Waals surface area contributed by atoms with Crippen LogP contribution in [0, 0.1) is 0 Å². The molecule has 1 aliphatic rings. The van der Waals surface area contributed by atoms with E-state index >= 15 is 0 Å². The normalized spacial score (nSPS) is 16.3. The van der Waals surface area contributed by atoms with E-state index < -0.39 is 10.0 Å². The highest BCUT2D eigenvalue weighted by atomic mass is 79.9. The number of nitrogens with zero attached hydrogens (tertiary/aromatic N) is 2. The van der Waals surface area contributed by atoms with Gasteiger partial charge in [0.1, 0.15) is 0 Å². The minimum atomic E-state index is -3.63. The number of fused-ring (bicyclic) bond motifs is 1. The van der Waals surface area contributed by atoms with Crippen LogP contribution in [0.15, 0.2) is 70.0 Å². The molecule has 192 valence electrons. The molecule has 0 saturated carbocycles. The topological polar surface area (TPSA) is 69.7 Å². The quantitative estimate of drug-likeness (QED) is 0.418. The van der Waals surface area contributed by atoms with E-state index in [1.54, 1.807) is 17.0 Å². The third-order valence-electron chi connectivity index (χ3n) is 6.51. The van der Waals surface area contributed by atoms with Crippen molar-refractivity contribution in [2.45, 2.75) is 50.6 Å². The molecule has 0 bridgehead atoms. The van der Waals surface area contributed by atoms with E-state index in [9.17, 15) is 13.2 Å². The predicted octanol–water partition coefficient (Wildman–Crippen LogP) is 5.59. The second-order valence-corrected chi connectivity index (χ2v) is 13.2. The third kappa shape index (κ3) is 5.99. The predicted molar refractivity (Wildman–Crippen MR) is 149 cm³/mol. The van der Waals surface area contributed by atoms with Gasteiger partial charge >= 0.3 is 0 Å². The minimum Gasteiger partial charge on any atom is -0.336 e. The number of carbonyl (C=O) groups is 1. The zero-order valence-corrected chi connectivity index (χ0v) is 23.7. The highest BCUT2D eigenvalue weighted by Crippen LogP contribution is 2.26. The van der Waals surface area contributed by atoms with Crippen molar-refractivity contribution in [1.82, 2.24) is 14.5 Å². The maximum absolute atomic E-state index is 13.3. The molecule has 6 nitrogen and oxygen atoms in total. The summed E-state index contributed by atoms with van der Waals surface area (Å²) in [5.41, 5.74) is 1.78. The van der Waals surface area contributed by atoms with Gasteiger partial charge in [-0.2, -0.15) is 4.31 Å². The summed E-state index contributed by atoms with van der Waals surface area (Å²) in [6.07, 6.45) is 0.954. The Kier molecular flexibility index (Phi) is 7.90. The maximum Gasteiger partial charge on any atom is 0.253 e. The first-order valence-corrected chi connectivity index (χ1v) is 14.6. The van der Waals surface area contributed by atoms with E-state index in [2.05, 4.69) is 48.9 Å². The lowest BCUT2D eigenvalue weighted by atomic mass is 9.98. The lowest BCUT2D eigenvalue weighted by molar-refractivity contribution is 0.0698. The molecule has 8 heteroatoms. The summed E-state index contributed by atoms with van der Waals surface area (Å²) in [5.74, 6) is -0.0632. The van der Waals surface area contributed by atoms with E-state index in [0.717, 1.165) is 27.2 Å². The number of amides is 1. The zero-order valence-electron chi connectivity index (χ0n) is 21.3. The minimum absolute atomic E-state index is 0.000816. The summed E-state index contributed by atoms with van der Waals surface area (Å²) in [6, 6.07) is 19.0. The number of piperazine rings is 1. The van der Waals surface area contributed by atoms with Gasteiger partial charge < -0.3 is 10.2 Å². The Morgan fingerprint density at radius 1 is 0.944 bits per heavy atom. The molecule has 0 radical (unpaired) electrons. The molecule has 3 aromatic carbocycles. The smallest absolute Gasteiger partial charge is 0.253 e. The van der Waals surface area contributed by atoms with Crippen molar-refractivity contribution in [1.29, 1.82) is 0 Å². The Balaban J connectivity index is 1.41. The number of halogens is 1. The van der Waals surface area contributed by atoms with Crippen LogP contribution >= 0.6 is 15.9 Å². The van der Waals surface area contributed by atoms with Gasteiger partial charge in [-0.05, 0) is 79.9 Å². The Morgan fingerprint density at radius 3 is 2.17 bits per heavy atom. The van der Waals surface area contributed by atoms with Gasteiger partial charge in [0, 0.05) is 47.8 Å². The van der Waals surface area contributed by atoms with Crippen molar-refractivity contribution >= 4 is 42.6 Å². The second-order valence-electron chi connectivity index (χ2n) is 10.3. The van der Waals surface area contributed by atoms with Crippen LogP contribution in [0.3, 0.4) is 0 Å². The number of nitrogens with one attached hydrogen (secondary N) is 1. The van der Waals surface area contributed by atoms with Gasteiger partial charge in [-0.25, -0.2) is 8.42 Å². The number of sulfonamides is 1. The van der Waals surface area contributed by atoms with Gasteiger partial charge in [0.2, 0.25) is 10.0 Å². The highest BCUT2D eigenvalue weighted by molar-refractivity contribution is 9.10. The molecule has 0 aromatic heterocycles. The van der Waals surface area contributed by atoms with Crippen LogP contribution in [0.4, 0.5) is 0 Å². The van der Waals surface area contributed by atoms with Crippen molar-refractivity contribution in [2.75, 3.05) is 26.2 Å². The van der Waals surface area contributed by atoms with Crippen molar-refractivity contribution in [2.24, 2.45) is 0 Å². The fourth-order valence-electron chi connectivity index (χ4n) is 4.62. The lowest BCUT2D eigenvalue weighted by Crippen LogP contribution is -2.50. The number of rotatable bonds is 6. The zero-order chi connectivity index (χ0) is 26.1. The summed E-state index contributed by atoms with van der Waals surface area (Å²) in [6.45, 7) is 9.86. The van der Waals surface area contributed by atoms with Crippen molar-refractivity contribution in [3.8, 4) is 0 Å². The van der Waals surface area contributed by atoms with Crippen LogP contribution in [-0.4, -0.2) is 55.2 Å². The third-order valence-corrected chi connectivity index (χ3v) is 8.90. The fourth-order valence-corrected chi connectivity index (χ4v) is 6.46. The van der Waals surface area contributed by atoms with Gasteiger partial charge in [-0.15, -0.1) is 0 Å².